The Morgan fingerprint density at radius 2 is 1.74 bits per heavy atom. The number of benzene rings is 1. The number of nitro benzene ring substituents is 1. The molecule has 1 aliphatic carbocycles. The standard InChI is InChI=1S/C13H15NO4.ClH/c15-13(18-12-4-2-1-3-5-12)10-6-8-11(9-7-10)14(16)17;/h6-9,12H,1-5H2;1H. The van der Waals surface area contributed by atoms with Gasteiger partial charge in [0, 0.05) is 12.1 Å². The van der Waals surface area contributed by atoms with Crippen molar-refractivity contribution in [2.45, 2.75) is 38.2 Å². The first-order valence-electron chi connectivity index (χ1n) is 6.12. The summed E-state index contributed by atoms with van der Waals surface area (Å²) in [7, 11) is 0. The van der Waals surface area contributed by atoms with Gasteiger partial charge in [-0.3, -0.25) is 10.1 Å². The summed E-state index contributed by atoms with van der Waals surface area (Å²) in [5.74, 6) is -0.392. The lowest BCUT2D eigenvalue weighted by molar-refractivity contribution is -0.384. The number of nitrogens with zero attached hydrogens (tertiary/aromatic N) is 1. The normalized spacial score (nSPS) is 15.4. The van der Waals surface area contributed by atoms with E-state index in [2.05, 4.69) is 0 Å². The number of hydrogen-bond donors (Lipinski definition) is 0. The molecule has 5 nitrogen and oxygen atoms in total. The van der Waals surface area contributed by atoms with Crippen molar-refractivity contribution < 1.29 is 14.5 Å². The monoisotopic (exact) mass is 285 g/mol. The van der Waals surface area contributed by atoms with E-state index < -0.39 is 10.9 Å². The van der Waals surface area contributed by atoms with Gasteiger partial charge in [-0.15, -0.1) is 12.4 Å². The van der Waals surface area contributed by atoms with Crippen LogP contribution >= 0.6 is 12.4 Å². The lowest BCUT2D eigenvalue weighted by Gasteiger charge is -2.21. The van der Waals surface area contributed by atoms with Crippen LogP contribution in [0.5, 0.6) is 0 Å². The van der Waals surface area contributed by atoms with Crippen LogP contribution in [0, 0.1) is 10.1 Å². The summed E-state index contributed by atoms with van der Waals surface area (Å²) in [4.78, 5) is 21.8. The average molecular weight is 286 g/mol. The number of esters is 1. The van der Waals surface area contributed by atoms with Crippen LogP contribution in [-0.4, -0.2) is 17.0 Å². The van der Waals surface area contributed by atoms with Crippen LogP contribution in [-0.2, 0) is 4.74 Å². The summed E-state index contributed by atoms with van der Waals surface area (Å²) in [5, 5.41) is 10.5. The third-order valence-electron chi connectivity index (χ3n) is 3.14. The van der Waals surface area contributed by atoms with Crippen molar-refractivity contribution in [3.63, 3.8) is 0 Å². The molecule has 0 heterocycles. The molecule has 6 heteroatoms. The fraction of sp³-hybridized carbons (Fsp3) is 0.462. The second-order valence-corrected chi connectivity index (χ2v) is 4.47. The van der Waals surface area contributed by atoms with Gasteiger partial charge in [0.1, 0.15) is 6.10 Å². The molecule has 0 bridgehead atoms. The predicted octanol–water partition coefficient (Wildman–Crippen LogP) is 3.51. The third kappa shape index (κ3) is 4.21. The lowest BCUT2D eigenvalue weighted by atomic mass is 9.98. The van der Waals surface area contributed by atoms with Crippen LogP contribution in [0.3, 0.4) is 0 Å². The van der Waals surface area contributed by atoms with E-state index in [1.807, 2.05) is 0 Å². The highest BCUT2D eigenvalue weighted by Gasteiger charge is 2.19. The first-order valence-corrected chi connectivity index (χ1v) is 6.12. The number of halogens is 1. The first kappa shape index (κ1) is 15.4. The Kier molecular flexibility index (Phi) is 5.76. The fourth-order valence-corrected chi connectivity index (χ4v) is 2.12. The van der Waals surface area contributed by atoms with E-state index in [1.54, 1.807) is 0 Å². The van der Waals surface area contributed by atoms with Gasteiger partial charge in [-0.25, -0.2) is 4.79 Å². The minimum Gasteiger partial charge on any atom is -0.459 e. The maximum atomic E-state index is 11.8. The molecule has 1 aromatic carbocycles. The topological polar surface area (TPSA) is 69.4 Å². The van der Waals surface area contributed by atoms with Crippen molar-refractivity contribution in [3.05, 3.63) is 39.9 Å². The number of hydrogen-bond acceptors (Lipinski definition) is 4. The van der Waals surface area contributed by atoms with Gasteiger partial charge >= 0.3 is 5.97 Å². The summed E-state index contributed by atoms with van der Waals surface area (Å²) in [6.45, 7) is 0. The highest BCUT2D eigenvalue weighted by atomic mass is 35.5. The molecular weight excluding hydrogens is 270 g/mol. The zero-order valence-electron chi connectivity index (χ0n) is 10.4. The van der Waals surface area contributed by atoms with Crippen molar-refractivity contribution in [2.75, 3.05) is 0 Å². The second kappa shape index (κ2) is 7.09. The Hall–Kier alpha value is -1.62. The molecule has 2 rings (SSSR count). The van der Waals surface area contributed by atoms with Crippen LogP contribution in [0.4, 0.5) is 5.69 Å². The molecule has 0 atom stereocenters. The van der Waals surface area contributed by atoms with Gasteiger partial charge in [-0.2, -0.15) is 0 Å². The third-order valence-corrected chi connectivity index (χ3v) is 3.14. The van der Waals surface area contributed by atoms with Gasteiger partial charge in [0.25, 0.3) is 5.69 Å². The molecule has 104 valence electrons. The summed E-state index contributed by atoms with van der Waals surface area (Å²) < 4.78 is 5.37. The lowest BCUT2D eigenvalue weighted by Crippen LogP contribution is -2.20. The number of rotatable bonds is 3. The molecule has 0 aromatic heterocycles. The molecule has 0 N–H and O–H groups in total. The zero-order chi connectivity index (χ0) is 13.0. The van der Waals surface area contributed by atoms with E-state index in [0.29, 0.717) is 5.56 Å². The molecular formula is C13H16ClNO4. The number of carbonyl (C=O) groups excluding carboxylic acids is 1. The Labute approximate surface area is 117 Å². The molecule has 19 heavy (non-hydrogen) atoms. The van der Waals surface area contributed by atoms with Gasteiger partial charge in [0.2, 0.25) is 0 Å². The van der Waals surface area contributed by atoms with Gasteiger partial charge < -0.3 is 4.74 Å². The average Bonchev–Trinajstić information content (AvgIpc) is 2.40. The molecule has 0 spiro atoms. The number of nitro groups is 1. The number of non-ortho nitro benzene ring substituents is 1. The minimum absolute atomic E-state index is 0. The van der Waals surface area contributed by atoms with Crippen LogP contribution in [0.25, 0.3) is 0 Å². The first-order chi connectivity index (χ1) is 8.66. The van der Waals surface area contributed by atoms with Crippen LogP contribution in [0.15, 0.2) is 24.3 Å². The van der Waals surface area contributed by atoms with E-state index in [0.717, 1.165) is 25.7 Å². The van der Waals surface area contributed by atoms with Crippen molar-refractivity contribution >= 4 is 24.1 Å². The molecule has 0 unspecified atom stereocenters. The molecule has 1 aliphatic rings. The van der Waals surface area contributed by atoms with Gasteiger partial charge in [0.15, 0.2) is 0 Å². The molecule has 0 saturated heterocycles. The van der Waals surface area contributed by atoms with Gasteiger partial charge in [0.05, 0.1) is 10.5 Å². The summed E-state index contributed by atoms with van der Waals surface area (Å²) in [6, 6.07) is 5.50. The zero-order valence-corrected chi connectivity index (χ0v) is 11.2. The highest BCUT2D eigenvalue weighted by Crippen LogP contribution is 2.22. The van der Waals surface area contributed by atoms with Crippen LogP contribution in [0.2, 0.25) is 0 Å². The van der Waals surface area contributed by atoms with E-state index >= 15 is 0 Å². The van der Waals surface area contributed by atoms with Crippen molar-refractivity contribution in [3.8, 4) is 0 Å². The molecule has 0 radical (unpaired) electrons. The fourth-order valence-electron chi connectivity index (χ4n) is 2.12. The summed E-state index contributed by atoms with van der Waals surface area (Å²) in [6.07, 6.45) is 5.22. The predicted molar refractivity (Wildman–Crippen MR) is 72.6 cm³/mol. The second-order valence-electron chi connectivity index (χ2n) is 4.47. The van der Waals surface area contributed by atoms with Crippen molar-refractivity contribution in [2.24, 2.45) is 0 Å². The van der Waals surface area contributed by atoms with E-state index in [4.69, 9.17) is 4.74 Å². The van der Waals surface area contributed by atoms with Crippen molar-refractivity contribution in [1.82, 2.24) is 0 Å². The quantitative estimate of drug-likeness (QED) is 0.484. The molecule has 1 saturated carbocycles. The minimum atomic E-state index is -0.490. The van der Waals surface area contributed by atoms with E-state index in [9.17, 15) is 14.9 Å². The van der Waals surface area contributed by atoms with Gasteiger partial charge in [-0.1, -0.05) is 6.42 Å². The van der Waals surface area contributed by atoms with E-state index in [1.165, 1.54) is 30.7 Å². The smallest absolute Gasteiger partial charge is 0.338 e. The highest BCUT2D eigenvalue weighted by molar-refractivity contribution is 5.89. The van der Waals surface area contributed by atoms with Crippen LogP contribution < -0.4 is 0 Å². The Morgan fingerprint density at radius 1 is 1.16 bits per heavy atom. The Balaban J connectivity index is 0.00000180. The van der Waals surface area contributed by atoms with E-state index in [-0.39, 0.29) is 24.2 Å². The number of carbonyl (C=O) groups is 1. The maximum absolute atomic E-state index is 11.8. The molecule has 0 aliphatic heterocycles. The Bertz CT molecular complexity index is 440. The molecule has 1 aromatic rings. The summed E-state index contributed by atoms with van der Waals surface area (Å²) in [5.41, 5.74) is 0.343. The van der Waals surface area contributed by atoms with Crippen molar-refractivity contribution in [1.29, 1.82) is 0 Å². The molecule has 0 amide bonds. The maximum Gasteiger partial charge on any atom is 0.338 e. The SMILES string of the molecule is Cl.O=C(OC1CCCCC1)c1ccc([N+](=O)[O-])cc1. The van der Waals surface area contributed by atoms with Crippen LogP contribution in [0.1, 0.15) is 42.5 Å². The Morgan fingerprint density at radius 3 is 2.26 bits per heavy atom. The molecule has 1 fully saturated rings. The number of ether oxygens (including phenoxy) is 1. The summed E-state index contributed by atoms with van der Waals surface area (Å²) >= 11 is 0. The largest absolute Gasteiger partial charge is 0.459 e. The van der Waals surface area contributed by atoms with Gasteiger partial charge in [-0.05, 0) is 37.8 Å².